The monoisotopic (exact) mass is 360 g/mol. The molecule has 0 saturated carbocycles. The van der Waals surface area contributed by atoms with Crippen molar-refractivity contribution in [2.45, 2.75) is 33.2 Å². The van der Waals surface area contributed by atoms with Gasteiger partial charge < -0.3 is 10.6 Å². The first-order valence-corrected chi connectivity index (χ1v) is 9.14. The van der Waals surface area contributed by atoms with Gasteiger partial charge in [0.2, 0.25) is 0 Å². The summed E-state index contributed by atoms with van der Waals surface area (Å²) in [7, 11) is 0. The van der Waals surface area contributed by atoms with Crippen LogP contribution in [0.5, 0.6) is 0 Å². The molecule has 0 aliphatic heterocycles. The first-order chi connectivity index (χ1) is 13.0. The quantitative estimate of drug-likeness (QED) is 0.560. The molecule has 1 unspecified atom stereocenters. The van der Waals surface area contributed by atoms with Gasteiger partial charge in [0.15, 0.2) is 11.6 Å². The molecule has 0 fully saturated rings. The number of aromatic nitrogens is 2. The predicted molar refractivity (Wildman–Crippen MR) is 111 cm³/mol. The van der Waals surface area contributed by atoms with Crippen LogP contribution < -0.4 is 10.6 Å². The van der Waals surface area contributed by atoms with Gasteiger partial charge in [0.25, 0.3) is 0 Å². The highest BCUT2D eigenvalue weighted by atomic mass is 16.1. The first-order valence-electron chi connectivity index (χ1n) is 9.14. The van der Waals surface area contributed by atoms with E-state index in [1.165, 1.54) is 0 Å². The molecule has 2 N–H and O–H groups in total. The second-order valence-corrected chi connectivity index (χ2v) is 6.54. The van der Waals surface area contributed by atoms with Crippen molar-refractivity contribution in [1.82, 2.24) is 9.97 Å². The Morgan fingerprint density at radius 2 is 1.67 bits per heavy atom. The zero-order valence-corrected chi connectivity index (χ0v) is 15.9. The van der Waals surface area contributed by atoms with Gasteiger partial charge in [-0.3, -0.25) is 4.79 Å². The molecule has 0 aliphatic rings. The summed E-state index contributed by atoms with van der Waals surface area (Å²) in [6, 6.07) is 19.5. The molecule has 1 aromatic heterocycles. The number of nitrogens with one attached hydrogen (secondary N) is 2. The molecule has 138 valence electrons. The average Bonchev–Trinajstić information content (AvgIpc) is 2.69. The second kappa shape index (κ2) is 8.45. The highest BCUT2D eigenvalue weighted by molar-refractivity contribution is 5.94. The van der Waals surface area contributed by atoms with Crippen molar-refractivity contribution in [3.8, 4) is 11.4 Å². The van der Waals surface area contributed by atoms with Gasteiger partial charge in [0.05, 0.1) is 0 Å². The number of nitrogens with zero attached hydrogens (tertiary/aromatic N) is 2. The fourth-order valence-electron chi connectivity index (χ4n) is 2.59. The molecule has 5 heteroatoms. The van der Waals surface area contributed by atoms with Crippen molar-refractivity contribution in [2.75, 3.05) is 10.6 Å². The minimum Gasteiger partial charge on any atom is -0.367 e. The lowest BCUT2D eigenvalue weighted by atomic mass is 10.1. The lowest BCUT2D eigenvalue weighted by molar-refractivity contribution is 0.101. The number of hydrogen-bond acceptors (Lipinski definition) is 5. The first kappa shape index (κ1) is 18.6. The van der Waals surface area contributed by atoms with Crippen LogP contribution >= 0.6 is 0 Å². The van der Waals surface area contributed by atoms with Crippen LogP contribution in [-0.2, 0) is 0 Å². The van der Waals surface area contributed by atoms with Gasteiger partial charge in [0, 0.05) is 28.9 Å². The highest BCUT2D eigenvalue weighted by Gasteiger charge is 2.09. The Hall–Kier alpha value is -3.21. The van der Waals surface area contributed by atoms with Crippen LogP contribution in [0, 0.1) is 0 Å². The summed E-state index contributed by atoms with van der Waals surface area (Å²) >= 11 is 0. The zero-order chi connectivity index (χ0) is 19.2. The number of ketones is 1. The predicted octanol–water partition coefficient (Wildman–Crippen LogP) is 5.30. The van der Waals surface area contributed by atoms with Crippen LogP contribution in [0.15, 0.2) is 60.7 Å². The van der Waals surface area contributed by atoms with E-state index in [9.17, 15) is 4.79 Å². The van der Waals surface area contributed by atoms with E-state index in [1.807, 2.05) is 60.7 Å². The van der Waals surface area contributed by atoms with E-state index in [4.69, 9.17) is 0 Å². The lowest BCUT2D eigenvalue weighted by Gasteiger charge is -2.15. The Kier molecular flexibility index (Phi) is 5.81. The number of anilines is 3. The third-order valence-electron chi connectivity index (χ3n) is 4.33. The van der Waals surface area contributed by atoms with Gasteiger partial charge in [-0.15, -0.1) is 0 Å². The molecule has 1 atom stereocenters. The molecule has 0 spiro atoms. The van der Waals surface area contributed by atoms with E-state index in [-0.39, 0.29) is 5.78 Å². The minimum absolute atomic E-state index is 0.0509. The SMILES string of the molecule is CCC(C)Nc1cc(Nc2ccc(C(C)=O)cc2)nc(-c2ccccc2)n1. The molecule has 0 radical (unpaired) electrons. The molecule has 2 aromatic carbocycles. The number of carbonyl (C=O) groups excluding carboxylic acids is 1. The summed E-state index contributed by atoms with van der Waals surface area (Å²) < 4.78 is 0. The topological polar surface area (TPSA) is 66.9 Å². The summed E-state index contributed by atoms with van der Waals surface area (Å²) in [6.07, 6.45) is 1.000. The number of benzene rings is 2. The normalized spacial score (nSPS) is 11.7. The highest BCUT2D eigenvalue weighted by Crippen LogP contribution is 2.23. The van der Waals surface area contributed by atoms with Crippen molar-refractivity contribution >= 4 is 23.1 Å². The maximum Gasteiger partial charge on any atom is 0.163 e. The number of hydrogen-bond donors (Lipinski definition) is 2. The van der Waals surface area contributed by atoms with Gasteiger partial charge in [-0.25, -0.2) is 9.97 Å². The minimum atomic E-state index is 0.0509. The molecule has 5 nitrogen and oxygen atoms in total. The summed E-state index contributed by atoms with van der Waals surface area (Å²) in [6.45, 7) is 5.82. The summed E-state index contributed by atoms with van der Waals surface area (Å²) in [4.78, 5) is 20.8. The van der Waals surface area contributed by atoms with Crippen LogP contribution in [0.2, 0.25) is 0 Å². The molecule has 1 heterocycles. The molecule has 0 amide bonds. The largest absolute Gasteiger partial charge is 0.367 e. The van der Waals surface area contributed by atoms with Gasteiger partial charge in [-0.1, -0.05) is 37.3 Å². The molecule has 0 aliphatic carbocycles. The van der Waals surface area contributed by atoms with Crippen molar-refractivity contribution in [1.29, 1.82) is 0 Å². The summed E-state index contributed by atoms with van der Waals surface area (Å²) in [5, 5.41) is 6.73. The Morgan fingerprint density at radius 3 is 2.30 bits per heavy atom. The molecular weight excluding hydrogens is 336 g/mol. The van der Waals surface area contributed by atoms with Crippen molar-refractivity contribution in [2.24, 2.45) is 0 Å². The lowest BCUT2D eigenvalue weighted by Crippen LogP contribution is -2.15. The van der Waals surface area contributed by atoms with Crippen LogP contribution in [0.3, 0.4) is 0 Å². The fraction of sp³-hybridized carbons (Fsp3) is 0.227. The molecule has 0 bridgehead atoms. The Bertz CT molecular complexity index is 907. The van der Waals surface area contributed by atoms with E-state index in [2.05, 4.69) is 34.4 Å². The van der Waals surface area contributed by atoms with E-state index in [0.29, 0.717) is 23.2 Å². The van der Waals surface area contributed by atoms with Gasteiger partial charge in [-0.2, -0.15) is 0 Å². The van der Waals surface area contributed by atoms with E-state index in [1.54, 1.807) is 6.92 Å². The Morgan fingerprint density at radius 1 is 1.00 bits per heavy atom. The van der Waals surface area contributed by atoms with Crippen molar-refractivity contribution < 1.29 is 4.79 Å². The number of rotatable bonds is 7. The molecule has 3 rings (SSSR count). The zero-order valence-electron chi connectivity index (χ0n) is 15.9. The van der Waals surface area contributed by atoms with Crippen molar-refractivity contribution in [3.05, 3.63) is 66.2 Å². The maximum absolute atomic E-state index is 11.4. The number of Topliss-reactive ketones (excluding diaryl/α,β-unsaturated/α-hetero) is 1. The number of carbonyl (C=O) groups is 1. The average molecular weight is 360 g/mol. The molecule has 27 heavy (non-hydrogen) atoms. The van der Waals surface area contributed by atoms with Crippen LogP contribution in [-0.4, -0.2) is 21.8 Å². The molecular formula is C22H24N4O. The van der Waals surface area contributed by atoms with Crippen LogP contribution in [0.1, 0.15) is 37.6 Å². The van der Waals surface area contributed by atoms with Gasteiger partial charge >= 0.3 is 0 Å². The molecule has 0 saturated heterocycles. The third-order valence-corrected chi connectivity index (χ3v) is 4.33. The van der Waals surface area contributed by atoms with E-state index < -0.39 is 0 Å². The van der Waals surface area contributed by atoms with Gasteiger partial charge in [-0.05, 0) is 44.5 Å². The van der Waals surface area contributed by atoms with Gasteiger partial charge in [0.1, 0.15) is 11.6 Å². The van der Waals surface area contributed by atoms with Crippen molar-refractivity contribution in [3.63, 3.8) is 0 Å². The molecule has 3 aromatic rings. The van der Waals surface area contributed by atoms with E-state index >= 15 is 0 Å². The summed E-state index contributed by atoms with van der Waals surface area (Å²) in [5.41, 5.74) is 2.51. The fourth-order valence-corrected chi connectivity index (χ4v) is 2.59. The third kappa shape index (κ3) is 4.91. The Labute approximate surface area is 159 Å². The standard InChI is InChI=1S/C22H24N4O/c1-4-15(2)23-20-14-21(24-19-12-10-17(11-13-19)16(3)27)26-22(25-20)18-8-6-5-7-9-18/h5-15H,4H2,1-3H3,(H2,23,24,25,26). The Balaban J connectivity index is 1.93. The second-order valence-electron chi connectivity index (χ2n) is 6.54. The summed E-state index contributed by atoms with van der Waals surface area (Å²) in [5.74, 6) is 2.19. The smallest absolute Gasteiger partial charge is 0.163 e. The van der Waals surface area contributed by atoms with E-state index in [0.717, 1.165) is 23.5 Å². The maximum atomic E-state index is 11.4. The van der Waals surface area contributed by atoms with Crippen LogP contribution in [0.4, 0.5) is 17.3 Å². The van der Waals surface area contributed by atoms with Crippen LogP contribution in [0.25, 0.3) is 11.4 Å².